The first kappa shape index (κ1) is 18.8. The Bertz CT molecular complexity index is 595. The molecule has 0 fully saturated rings. The number of Topliss-reactive ketones (excluding diaryl/α,β-unsaturated/α-hetero) is 1. The number of nitrogens with zero attached hydrogens (tertiary/aromatic N) is 2. The van der Waals surface area contributed by atoms with E-state index in [9.17, 15) is 13.2 Å². The van der Waals surface area contributed by atoms with Crippen LogP contribution in [0.3, 0.4) is 0 Å². The molecule has 6 heteroatoms. The lowest BCUT2D eigenvalue weighted by Crippen LogP contribution is -2.38. The van der Waals surface area contributed by atoms with Crippen molar-refractivity contribution in [2.75, 3.05) is 32.7 Å². The molecule has 1 aromatic rings. The Kier molecular flexibility index (Phi) is 7.19. The van der Waals surface area contributed by atoms with Crippen LogP contribution in [0.5, 0.6) is 0 Å². The van der Waals surface area contributed by atoms with E-state index in [0.717, 1.165) is 13.1 Å². The molecule has 5 nitrogen and oxygen atoms in total. The lowest BCUT2D eigenvalue weighted by Gasteiger charge is -2.25. The van der Waals surface area contributed by atoms with Crippen molar-refractivity contribution in [3.05, 3.63) is 29.8 Å². The van der Waals surface area contributed by atoms with Crippen molar-refractivity contribution in [1.29, 1.82) is 0 Å². The third-order valence-corrected chi connectivity index (χ3v) is 5.76. The third kappa shape index (κ3) is 4.63. The van der Waals surface area contributed by atoms with E-state index < -0.39 is 10.0 Å². The first-order valence-corrected chi connectivity index (χ1v) is 9.14. The summed E-state index contributed by atoms with van der Waals surface area (Å²) in [5, 5.41) is 0. The maximum absolute atomic E-state index is 12.7. The van der Waals surface area contributed by atoms with E-state index in [1.807, 2.05) is 6.92 Å². The summed E-state index contributed by atoms with van der Waals surface area (Å²) in [7, 11) is -3.56. The van der Waals surface area contributed by atoms with Crippen LogP contribution in [0.25, 0.3) is 0 Å². The minimum absolute atomic E-state index is 0.136. The minimum Gasteiger partial charge on any atom is -0.303 e. The molecule has 0 aliphatic rings. The van der Waals surface area contributed by atoms with Crippen LogP contribution in [0, 0.1) is 0 Å². The Morgan fingerprint density at radius 3 is 2.18 bits per heavy atom. The first-order chi connectivity index (χ1) is 10.4. The first-order valence-electron chi connectivity index (χ1n) is 7.70. The van der Waals surface area contributed by atoms with E-state index in [2.05, 4.69) is 18.7 Å². The second-order valence-electron chi connectivity index (χ2n) is 5.11. The molecule has 0 saturated heterocycles. The third-order valence-electron chi connectivity index (χ3n) is 3.79. The van der Waals surface area contributed by atoms with Gasteiger partial charge in [-0.1, -0.05) is 32.9 Å². The largest absolute Gasteiger partial charge is 0.303 e. The second-order valence-corrected chi connectivity index (χ2v) is 7.05. The number of carbonyl (C=O) groups excluding carboxylic acids is 1. The van der Waals surface area contributed by atoms with Crippen LogP contribution in [0.2, 0.25) is 0 Å². The molecular weight excluding hydrogens is 300 g/mol. The van der Waals surface area contributed by atoms with Crippen molar-refractivity contribution in [1.82, 2.24) is 9.21 Å². The van der Waals surface area contributed by atoms with E-state index >= 15 is 0 Å². The molecule has 1 aromatic carbocycles. The summed E-state index contributed by atoms with van der Waals surface area (Å²) in [4.78, 5) is 13.8. The van der Waals surface area contributed by atoms with Gasteiger partial charge in [-0.25, -0.2) is 8.42 Å². The lowest BCUT2D eigenvalue weighted by molar-refractivity contribution is 0.101. The highest BCUT2D eigenvalue weighted by Crippen LogP contribution is 2.17. The molecule has 0 N–H and O–H groups in total. The van der Waals surface area contributed by atoms with E-state index in [1.54, 1.807) is 18.2 Å². The van der Waals surface area contributed by atoms with Gasteiger partial charge in [-0.15, -0.1) is 0 Å². The van der Waals surface area contributed by atoms with Gasteiger partial charge in [0.25, 0.3) is 0 Å². The van der Waals surface area contributed by atoms with Crippen LogP contribution < -0.4 is 0 Å². The van der Waals surface area contributed by atoms with Gasteiger partial charge in [-0.2, -0.15) is 4.31 Å². The number of carbonyl (C=O) groups is 1. The fourth-order valence-electron chi connectivity index (χ4n) is 2.27. The summed E-state index contributed by atoms with van der Waals surface area (Å²) in [6.45, 7) is 10.7. The predicted octanol–water partition coefficient (Wildman–Crippen LogP) is 2.24. The van der Waals surface area contributed by atoms with Crippen molar-refractivity contribution in [3.63, 3.8) is 0 Å². The molecule has 0 bridgehead atoms. The Morgan fingerprint density at radius 1 is 1.05 bits per heavy atom. The Hall–Kier alpha value is -1.24. The van der Waals surface area contributed by atoms with Crippen LogP contribution in [-0.2, 0) is 10.0 Å². The molecule has 22 heavy (non-hydrogen) atoms. The molecule has 0 aliphatic heterocycles. The molecule has 0 saturated carbocycles. The molecule has 0 heterocycles. The number of rotatable bonds is 9. The van der Waals surface area contributed by atoms with E-state index in [-0.39, 0.29) is 10.7 Å². The molecule has 0 atom stereocenters. The molecule has 0 amide bonds. The van der Waals surface area contributed by atoms with Gasteiger partial charge in [0.05, 0.1) is 4.90 Å². The highest BCUT2D eigenvalue weighted by atomic mass is 32.2. The van der Waals surface area contributed by atoms with Crippen molar-refractivity contribution in [3.8, 4) is 0 Å². The van der Waals surface area contributed by atoms with Crippen molar-refractivity contribution in [2.45, 2.75) is 32.6 Å². The van der Waals surface area contributed by atoms with E-state index in [1.165, 1.54) is 17.3 Å². The highest BCUT2D eigenvalue weighted by Gasteiger charge is 2.23. The van der Waals surface area contributed by atoms with Crippen LogP contribution in [-0.4, -0.2) is 56.1 Å². The molecule has 0 aliphatic carbocycles. The molecule has 0 radical (unpaired) electrons. The van der Waals surface area contributed by atoms with E-state index in [0.29, 0.717) is 25.2 Å². The number of sulfonamides is 1. The van der Waals surface area contributed by atoms with Gasteiger partial charge in [0.2, 0.25) is 10.0 Å². The van der Waals surface area contributed by atoms with Crippen molar-refractivity contribution >= 4 is 15.8 Å². The van der Waals surface area contributed by atoms with Gasteiger partial charge in [-0.3, -0.25) is 4.79 Å². The molecule has 0 aromatic heterocycles. The minimum atomic E-state index is -3.56. The fraction of sp³-hybridized carbons (Fsp3) is 0.562. The normalized spacial score (nSPS) is 12.1. The van der Waals surface area contributed by atoms with Crippen molar-refractivity contribution in [2.24, 2.45) is 0 Å². The van der Waals surface area contributed by atoms with Gasteiger partial charge in [-0.05, 0) is 32.1 Å². The van der Waals surface area contributed by atoms with Gasteiger partial charge in [0.15, 0.2) is 5.78 Å². The number of ketones is 1. The quantitative estimate of drug-likeness (QED) is 0.653. The van der Waals surface area contributed by atoms with Gasteiger partial charge < -0.3 is 4.90 Å². The summed E-state index contributed by atoms with van der Waals surface area (Å²) in [6.07, 6.45) is 0. The monoisotopic (exact) mass is 326 g/mol. The molecule has 0 spiro atoms. The van der Waals surface area contributed by atoms with Gasteiger partial charge in [0.1, 0.15) is 0 Å². The predicted molar refractivity (Wildman–Crippen MR) is 88.7 cm³/mol. The van der Waals surface area contributed by atoms with E-state index in [4.69, 9.17) is 0 Å². The summed E-state index contributed by atoms with van der Waals surface area (Å²) in [5.74, 6) is -0.136. The number of likely N-dealkylation sites (N-methyl/N-ethyl adjacent to an activating group) is 2. The fourth-order valence-corrected chi connectivity index (χ4v) is 3.75. The summed E-state index contributed by atoms with van der Waals surface area (Å²) in [5.41, 5.74) is 0.417. The van der Waals surface area contributed by atoms with Crippen LogP contribution in [0.4, 0.5) is 0 Å². The van der Waals surface area contributed by atoms with Crippen LogP contribution in [0.1, 0.15) is 38.1 Å². The number of hydrogen-bond acceptors (Lipinski definition) is 4. The van der Waals surface area contributed by atoms with Crippen LogP contribution in [0.15, 0.2) is 29.2 Å². The smallest absolute Gasteiger partial charge is 0.243 e. The molecule has 1 rings (SSSR count). The average Bonchev–Trinajstić information content (AvgIpc) is 2.51. The Labute approximate surface area is 134 Å². The maximum Gasteiger partial charge on any atom is 0.243 e. The zero-order valence-electron chi connectivity index (χ0n) is 13.9. The Morgan fingerprint density at radius 2 is 1.68 bits per heavy atom. The summed E-state index contributed by atoms with van der Waals surface area (Å²) >= 11 is 0. The number of benzene rings is 1. The SMILES string of the molecule is CCN(CC)CCN(CC)S(=O)(=O)c1cccc(C(C)=O)c1. The average molecular weight is 326 g/mol. The zero-order chi connectivity index (χ0) is 16.8. The number of hydrogen-bond donors (Lipinski definition) is 0. The van der Waals surface area contributed by atoms with Crippen LogP contribution >= 0.6 is 0 Å². The highest BCUT2D eigenvalue weighted by molar-refractivity contribution is 7.89. The molecular formula is C16H26N2O3S. The van der Waals surface area contributed by atoms with Gasteiger partial charge in [0, 0.05) is 25.2 Å². The summed E-state index contributed by atoms with van der Waals surface area (Å²) < 4.78 is 26.9. The van der Waals surface area contributed by atoms with Gasteiger partial charge >= 0.3 is 0 Å². The second kappa shape index (κ2) is 8.41. The lowest BCUT2D eigenvalue weighted by atomic mass is 10.2. The topological polar surface area (TPSA) is 57.7 Å². The molecule has 124 valence electrons. The summed E-state index contributed by atoms with van der Waals surface area (Å²) in [6, 6.07) is 6.25. The molecule has 0 unspecified atom stereocenters. The maximum atomic E-state index is 12.7. The standard InChI is InChI=1S/C16H26N2O3S/c1-5-17(6-2)11-12-18(7-3)22(20,21)16-10-8-9-15(13-16)14(4)19/h8-10,13H,5-7,11-12H2,1-4H3. The van der Waals surface area contributed by atoms with Crippen molar-refractivity contribution < 1.29 is 13.2 Å². The Balaban J connectivity index is 2.99. The zero-order valence-corrected chi connectivity index (χ0v) is 14.7.